The van der Waals surface area contributed by atoms with Crippen molar-refractivity contribution >= 4 is 20.9 Å². The van der Waals surface area contributed by atoms with Crippen LogP contribution in [0.3, 0.4) is 0 Å². The van der Waals surface area contributed by atoms with Crippen LogP contribution in [0.1, 0.15) is 35.2 Å². The molecule has 0 spiro atoms. The van der Waals surface area contributed by atoms with Crippen molar-refractivity contribution in [3.8, 4) is 5.69 Å². The Morgan fingerprint density at radius 1 is 1.05 bits per heavy atom. The lowest BCUT2D eigenvalue weighted by atomic mass is 9.72. The molecule has 3 aromatic carbocycles. The van der Waals surface area contributed by atoms with Crippen LogP contribution in [0.4, 0.5) is 4.39 Å². The van der Waals surface area contributed by atoms with Crippen LogP contribution in [0, 0.1) is 25.6 Å². The fourth-order valence-corrected chi connectivity index (χ4v) is 9.10. The number of hydrogen-bond donors (Lipinski definition) is 1. The number of nitrogens with zero attached hydrogens (tertiary/aromatic N) is 4. The molecule has 1 aliphatic carbocycles. The van der Waals surface area contributed by atoms with Gasteiger partial charge in [0.05, 0.1) is 34.9 Å². The summed E-state index contributed by atoms with van der Waals surface area (Å²) in [5.74, 6) is -0.283. The zero-order valence-electron chi connectivity index (χ0n) is 23.7. The number of aromatic amines is 1. The lowest BCUT2D eigenvalue weighted by molar-refractivity contribution is -0.0183. The Morgan fingerprint density at radius 3 is 2.50 bits per heavy atom. The Balaban J connectivity index is 1.37. The second-order valence-electron chi connectivity index (χ2n) is 11.7. The van der Waals surface area contributed by atoms with Crippen LogP contribution in [0.15, 0.2) is 84.0 Å². The number of ether oxygens (including phenoxy) is 1. The highest BCUT2D eigenvalue weighted by Gasteiger charge is 2.62. The van der Waals surface area contributed by atoms with Gasteiger partial charge < -0.3 is 4.74 Å². The SMILES string of the molecule is CO[C@@]1(c2ccccc2)C[C@H]2CN(S(=O)(=O)c3cn[nH]c3C)C[C@@]2(c2cc3cnn(-c4ccc(F)cc4)c3cc2C)C1. The summed E-state index contributed by atoms with van der Waals surface area (Å²) in [5, 5.41) is 12.3. The van der Waals surface area contributed by atoms with Crippen molar-refractivity contribution < 1.29 is 17.5 Å². The fourth-order valence-electron chi connectivity index (χ4n) is 7.43. The quantitative estimate of drug-likeness (QED) is 0.288. The molecule has 2 aromatic heterocycles. The highest BCUT2D eigenvalue weighted by atomic mass is 32.2. The minimum Gasteiger partial charge on any atom is -0.373 e. The van der Waals surface area contributed by atoms with Crippen LogP contribution in [0.5, 0.6) is 0 Å². The van der Waals surface area contributed by atoms with Crippen molar-refractivity contribution in [2.75, 3.05) is 20.2 Å². The first-order chi connectivity index (χ1) is 20.2. The molecule has 5 aromatic rings. The molecule has 1 saturated carbocycles. The maximum atomic E-state index is 13.9. The second-order valence-corrected chi connectivity index (χ2v) is 13.6. The van der Waals surface area contributed by atoms with Crippen LogP contribution in [0.25, 0.3) is 16.6 Å². The van der Waals surface area contributed by atoms with Crippen LogP contribution in [-0.2, 0) is 25.8 Å². The van der Waals surface area contributed by atoms with Gasteiger partial charge in [-0.15, -0.1) is 0 Å². The molecular weight excluding hydrogens is 553 g/mol. The van der Waals surface area contributed by atoms with Crippen LogP contribution < -0.4 is 0 Å². The van der Waals surface area contributed by atoms with Crippen molar-refractivity contribution in [3.63, 3.8) is 0 Å². The van der Waals surface area contributed by atoms with E-state index in [4.69, 9.17) is 4.74 Å². The van der Waals surface area contributed by atoms with Gasteiger partial charge in [-0.05, 0) is 85.7 Å². The average molecular weight is 586 g/mol. The largest absolute Gasteiger partial charge is 0.373 e. The number of sulfonamides is 1. The van der Waals surface area contributed by atoms with Gasteiger partial charge in [0.1, 0.15) is 10.7 Å². The number of aromatic nitrogens is 4. The van der Waals surface area contributed by atoms with E-state index in [0.717, 1.165) is 33.3 Å². The van der Waals surface area contributed by atoms with Crippen LogP contribution >= 0.6 is 0 Å². The third-order valence-electron chi connectivity index (χ3n) is 9.45. The number of halogens is 1. The highest BCUT2D eigenvalue weighted by molar-refractivity contribution is 7.89. The van der Waals surface area contributed by atoms with Crippen molar-refractivity contribution in [2.45, 2.75) is 42.6 Å². The predicted molar refractivity (Wildman–Crippen MR) is 157 cm³/mol. The predicted octanol–water partition coefficient (Wildman–Crippen LogP) is 5.40. The minimum atomic E-state index is -3.76. The van der Waals surface area contributed by atoms with Gasteiger partial charge in [-0.2, -0.15) is 14.5 Å². The monoisotopic (exact) mass is 585 g/mol. The first-order valence-corrected chi connectivity index (χ1v) is 15.5. The van der Waals surface area contributed by atoms with Gasteiger partial charge >= 0.3 is 0 Å². The van der Waals surface area contributed by atoms with Gasteiger partial charge in [0.25, 0.3) is 0 Å². The Hall–Kier alpha value is -3.86. The average Bonchev–Trinajstić information content (AvgIpc) is 3.75. The van der Waals surface area contributed by atoms with Crippen molar-refractivity contribution in [1.29, 1.82) is 0 Å². The Kier molecular flexibility index (Phi) is 6.16. The van der Waals surface area contributed by atoms with E-state index in [1.54, 1.807) is 30.5 Å². The maximum absolute atomic E-state index is 13.9. The van der Waals surface area contributed by atoms with Crippen molar-refractivity contribution in [2.24, 2.45) is 5.92 Å². The summed E-state index contributed by atoms with van der Waals surface area (Å²) in [6.45, 7) is 4.53. The van der Waals surface area contributed by atoms with Crippen molar-refractivity contribution in [3.05, 3.63) is 107 Å². The topological polar surface area (TPSA) is 93.1 Å². The minimum absolute atomic E-state index is 0.0166. The van der Waals surface area contributed by atoms with E-state index in [2.05, 4.69) is 46.5 Å². The number of hydrogen-bond acceptors (Lipinski definition) is 5. The Bertz CT molecular complexity index is 1900. The van der Waals surface area contributed by atoms with Gasteiger partial charge in [0, 0.05) is 31.0 Å². The lowest BCUT2D eigenvalue weighted by Gasteiger charge is -2.35. The molecule has 3 atom stereocenters. The molecule has 1 aliphatic heterocycles. The molecule has 42 heavy (non-hydrogen) atoms. The smallest absolute Gasteiger partial charge is 0.246 e. The van der Waals surface area contributed by atoms with Crippen LogP contribution in [-0.4, -0.2) is 52.9 Å². The van der Waals surface area contributed by atoms with Gasteiger partial charge in [0.15, 0.2) is 0 Å². The number of rotatable bonds is 6. The molecule has 0 bridgehead atoms. The standard InChI is InChI=1S/C32H32FN5O3S/c1-21-13-29-23(16-35-38(29)27-11-9-26(33)10-12-27)14-28(21)31-19-32(41-3,24-7-5-4-6-8-24)15-25(31)18-37(20-31)42(39,40)30-17-34-36-22(30)2/h4-14,16-17,25H,15,18-20H2,1-3H3,(H,34,36)/t25-,31-,32-/m0/s1. The third-order valence-corrected chi connectivity index (χ3v) is 11.4. The van der Waals surface area contributed by atoms with E-state index in [0.29, 0.717) is 31.6 Å². The molecule has 0 amide bonds. The molecule has 1 saturated heterocycles. The number of methoxy groups -OCH3 is 1. The summed E-state index contributed by atoms with van der Waals surface area (Å²) in [6.07, 6.45) is 4.55. The summed E-state index contributed by atoms with van der Waals surface area (Å²) in [5.41, 5.74) is 4.43. The van der Waals surface area contributed by atoms with E-state index in [-0.39, 0.29) is 16.6 Å². The molecule has 0 unspecified atom stereocenters. The number of fused-ring (bicyclic) bond motifs is 2. The third kappa shape index (κ3) is 3.96. The summed E-state index contributed by atoms with van der Waals surface area (Å²) < 4.78 is 51.2. The number of nitrogens with one attached hydrogen (secondary N) is 1. The zero-order chi connectivity index (χ0) is 29.3. The first kappa shape index (κ1) is 27.0. The molecule has 0 radical (unpaired) electrons. The lowest BCUT2D eigenvalue weighted by Crippen LogP contribution is -2.38. The summed E-state index contributed by atoms with van der Waals surface area (Å²) in [4.78, 5) is 0.214. The summed E-state index contributed by atoms with van der Waals surface area (Å²) >= 11 is 0. The Morgan fingerprint density at radius 2 is 1.81 bits per heavy atom. The van der Waals surface area contributed by atoms with E-state index in [1.165, 1.54) is 18.3 Å². The molecule has 216 valence electrons. The molecule has 1 N–H and O–H groups in total. The van der Waals surface area contributed by atoms with E-state index in [9.17, 15) is 12.8 Å². The van der Waals surface area contributed by atoms with Gasteiger partial charge in [-0.1, -0.05) is 30.3 Å². The maximum Gasteiger partial charge on any atom is 0.246 e. The number of aryl methyl sites for hydroxylation is 2. The molecule has 2 fully saturated rings. The normalized spacial score (nSPS) is 24.4. The molecule has 2 aliphatic rings. The first-order valence-electron chi connectivity index (χ1n) is 14.0. The van der Waals surface area contributed by atoms with Crippen molar-refractivity contribution in [1.82, 2.24) is 24.3 Å². The zero-order valence-corrected chi connectivity index (χ0v) is 24.5. The molecule has 10 heteroatoms. The van der Waals surface area contributed by atoms with E-state index < -0.39 is 21.0 Å². The highest BCUT2D eigenvalue weighted by Crippen LogP contribution is 2.60. The van der Waals surface area contributed by atoms with Gasteiger partial charge in [-0.25, -0.2) is 17.5 Å². The number of H-pyrrole nitrogens is 1. The fraction of sp³-hybridized carbons (Fsp3) is 0.312. The van der Waals surface area contributed by atoms with Gasteiger partial charge in [-0.3, -0.25) is 5.10 Å². The summed E-state index contributed by atoms with van der Waals surface area (Å²) in [6, 6.07) is 20.8. The van der Waals surface area contributed by atoms with E-state index in [1.807, 2.05) is 29.1 Å². The molecule has 8 nitrogen and oxygen atoms in total. The number of benzene rings is 3. The summed E-state index contributed by atoms with van der Waals surface area (Å²) in [7, 11) is -2.00. The van der Waals surface area contributed by atoms with Gasteiger partial charge in [0.2, 0.25) is 10.0 Å². The Labute approximate surface area is 244 Å². The molecule has 3 heterocycles. The second kappa shape index (κ2) is 9.58. The molecular formula is C32H32FN5O3S. The molecule has 7 rings (SSSR count). The van der Waals surface area contributed by atoms with E-state index >= 15 is 0 Å². The van der Waals surface area contributed by atoms with Crippen LogP contribution in [0.2, 0.25) is 0 Å².